The van der Waals surface area contributed by atoms with Gasteiger partial charge in [0.1, 0.15) is 0 Å². The van der Waals surface area contributed by atoms with E-state index in [0.717, 1.165) is 12.0 Å². The molecule has 0 bridgehead atoms. The molecule has 1 saturated carbocycles. The highest BCUT2D eigenvalue weighted by Crippen LogP contribution is 2.31. The standard InChI is InChI=1S/C13H16N2O3S/c14-9-6-11-2-4-12(5-3-11)19(17,18)15-10-13(16)7-1-8-13/h2-5,15-16H,1,6-8,10H2. The highest BCUT2D eigenvalue weighted by Gasteiger charge is 2.35. The first-order chi connectivity index (χ1) is 8.95. The lowest BCUT2D eigenvalue weighted by atomic mass is 9.81. The second-order valence-electron chi connectivity index (χ2n) is 4.88. The van der Waals surface area contributed by atoms with Crippen molar-refractivity contribution in [2.45, 2.75) is 36.2 Å². The Balaban J connectivity index is 2.04. The molecule has 0 unspecified atom stereocenters. The molecule has 102 valence electrons. The highest BCUT2D eigenvalue weighted by atomic mass is 32.2. The van der Waals surface area contributed by atoms with E-state index in [9.17, 15) is 13.5 Å². The second kappa shape index (κ2) is 5.29. The van der Waals surface area contributed by atoms with Crippen LogP contribution >= 0.6 is 0 Å². The van der Waals surface area contributed by atoms with Gasteiger partial charge in [-0.1, -0.05) is 12.1 Å². The van der Waals surface area contributed by atoms with Crippen LogP contribution in [-0.4, -0.2) is 25.7 Å². The molecule has 1 aromatic carbocycles. The zero-order valence-corrected chi connectivity index (χ0v) is 11.3. The first-order valence-corrected chi connectivity index (χ1v) is 7.61. The molecular formula is C13H16N2O3S. The van der Waals surface area contributed by atoms with Crippen molar-refractivity contribution in [3.8, 4) is 6.07 Å². The van der Waals surface area contributed by atoms with Crippen LogP contribution in [0.5, 0.6) is 0 Å². The van der Waals surface area contributed by atoms with Crippen molar-refractivity contribution in [3.05, 3.63) is 29.8 Å². The molecule has 0 radical (unpaired) electrons. The fourth-order valence-corrected chi connectivity index (χ4v) is 3.07. The average Bonchev–Trinajstić information content (AvgIpc) is 2.35. The molecule has 1 aliphatic rings. The van der Waals surface area contributed by atoms with E-state index in [-0.39, 0.29) is 17.9 Å². The highest BCUT2D eigenvalue weighted by molar-refractivity contribution is 7.89. The van der Waals surface area contributed by atoms with E-state index in [4.69, 9.17) is 5.26 Å². The number of hydrogen-bond acceptors (Lipinski definition) is 4. The molecule has 2 N–H and O–H groups in total. The molecule has 19 heavy (non-hydrogen) atoms. The molecule has 5 nitrogen and oxygen atoms in total. The summed E-state index contributed by atoms with van der Waals surface area (Å²) in [4.78, 5) is 0.150. The Morgan fingerprint density at radius 3 is 2.42 bits per heavy atom. The van der Waals surface area contributed by atoms with Gasteiger partial charge in [-0.3, -0.25) is 0 Å². The van der Waals surface area contributed by atoms with Crippen molar-refractivity contribution in [3.63, 3.8) is 0 Å². The summed E-state index contributed by atoms with van der Waals surface area (Å²) in [5.41, 5.74) is -0.104. The predicted molar refractivity (Wildman–Crippen MR) is 69.7 cm³/mol. The van der Waals surface area contributed by atoms with Gasteiger partial charge in [0.2, 0.25) is 10.0 Å². The molecule has 0 atom stereocenters. The molecule has 1 aromatic rings. The van der Waals surface area contributed by atoms with E-state index in [1.54, 1.807) is 12.1 Å². The van der Waals surface area contributed by atoms with Crippen LogP contribution in [-0.2, 0) is 16.4 Å². The van der Waals surface area contributed by atoms with Gasteiger partial charge < -0.3 is 5.11 Å². The Kier molecular flexibility index (Phi) is 3.90. The van der Waals surface area contributed by atoms with Gasteiger partial charge >= 0.3 is 0 Å². The third-order valence-electron chi connectivity index (χ3n) is 3.39. The molecule has 0 spiro atoms. The van der Waals surface area contributed by atoms with Gasteiger partial charge in [-0.15, -0.1) is 0 Å². The Bertz CT molecular complexity index is 583. The van der Waals surface area contributed by atoms with Crippen molar-refractivity contribution < 1.29 is 13.5 Å². The lowest BCUT2D eigenvalue weighted by molar-refractivity contribution is -0.0270. The third kappa shape index (κ3) is 3.32. The maximum atomic E-state index is 12.0. The molecule has 6 heteroatoms. The number of benzene rings is 1. The zero-order valence-electron chi connectivity index (χ0n) is 10.5. The van der Waals surface area contributed by atoms with E-state index >= 15 is 0 Å². The van der Waals surface area contributed by atoms with Gasteiger partial charge in [0.25, 0.3) is 0 Å². The van der Waals surface area contributed by atoms with Crippen LogP contribution in [0.2, 0.25) is 0 Å². The van der Waals surface area contributed by atoms with Crippen LogP contribution in [0, 0.1) is 11.3 Å². The normalized spacial score (nSPS) is 17.5. The minimum Gasteiger partial charge on any atom is -0.389 e. The van der Waals surface area contributed by atoms with E-state index < -0.39 is 15.6 Å². The van der Waals surface area contributed by atoms with E-state index in [2.05, 4.69) is 4.72 Å². The number of aliphatic hydroxyl groups is 1. The summed E-state index contributed by atoms with van der Waals surface area (Å²) >= 11 is 0. The SMILES string of the molecule is N#CCc1ccc(S(=O)(=O)NCC2(O)CCC2)cc1. The fourth-order valence-electron chi connectivity index (χ4n) is 1.95. The maximum absolute atomic E-state index is 12.0. The second-order valence-corrected chi connectivity index (χ2v) is 6.65. The van der Waals surface area contributed by atoms with E-state index in [1.807, 2.05) is 6.07 Å². The monoisotopic (exact) mass is 280 g/mol. The van der Waals surface area contributed by atoms with E-state index in [0.29, 0.717) is 12.8 Å². The molecule has 0 saturated heterocycles. The summed E-state index contributed by atoms with van der Waals surface area (Å²) in [5.74, 6) is 0. The van der Waals surface area contributed by atoms with Crippen molar-refractivity contribution in [1.29, 1.82) is 5.26 Å². The van der Waals surface area contributed by atoms with Crippen molar-refractivity contribution in [1.82, 2.24) is 4.72 Å². The van der Waals surface area contributed by atoms with Crippen molar-refractivity contribution in [2.75, 3.05) is 6.54 Å². The van der Waals surface area contributed by atoms with Gasteiger partial charge in [0.05, 0.1) is 23.0 Å². The molecule has 0 amide bonds. The lowest BCUT2D eigenvalue weighted by Crippen LogP contribution is -2.47. The number of nitrogens with zero attached hydrogens (tertiary/aromatic N) is 1. The summed E-state index contributed by atoms with van der Waals surface area (Å²) in [7, 11) is -3.59. The van der Waals surface area contributed by atoms with Gasteiger partial charge in [-0.05, 0) is 37.0 Å². The van der Waals surface area contributed by atoms with Gasteiger partial charge in [-0.2, -0.15) is 5.26 Å². The average molecular weight is 280 g/mol. The Morgan fingerprint density at radius 2 is 1.95 bits per heavy atom. The lowest BCUT2D eigenvalue weighted by Gasteiger charge is -2.36. The van der Waals surface area contributed by atoms with Gasteiger partial charge in [0, 0.05) is 6.54 Å². The molecule has 0 heterocycles. The number of nitrogens with one attached hydrogen (secondary N) is 1. The van der Waals surface area contributed by atoms with Crippen LogP contribution in [0.4, 0.5) is 0 Å². The molecule has 0 aromatic heterocycles. The fraction of sp³-hybridized carbons (Fsp3) is 0.462. The first-order valence-electron chi connectivity index (χ1n) is 6.13. The van der Waals surface area contributed by atoms with E-state index in [1.165, 1.54) is 12.1 Å². The molecule has 1 aliphatic carbocycles. The Labute approximate surface area is 112 Å². The molecular weight excluding hydrogens is 264 g/mol. The van der Waals surface area contributed by atoms with Crippen LogP contribution in [0.25, 0.3) is 0 Å². The summed E-state index contributed by atoms with van der Waals surface area (Å²) in [6, 6.07) is 8.19. The van der Waals surface area contributed by atoms with Crippen molar-refractivity contribution in [2.24, 2.45) is 0 Å². The van der Waals surface area contributed by atoms with Crippen molar-refractivity contribution >= 4 is 10.0 Å². The number of sulfonamides is 1. The zero-order chi connectivity index (χ0) is 13.9. The van der Waals surface area contributed by atoms with Crippen LogP contribution in [0.15, 0.2) is 29.2 Å². The third-order valence-corrected chi connectivity index (χ3v) is 4.81. The predicted octanol–water partition coefficient (Wildman–Crippen LogP) is 0.946. The number of rotatable bonds is 5. The van der Waals surface area contributed by atoms with Crippen LogP contribution in [0.3, 0.4) is 0 Å². The first kappa shape index (κ1) is 14.0. The summed E-state index contributed by atoms with van der Waals surface area (Å²) in [5, 5.41) is 18.4. The quantitative estimate of drug-likeness (QED) is 0.840. The molecule has 1 fully saturated rings. The largest absolute Gasteiger partial charge is 0.389 e. The summed E-state index contributed by atoms with van der Waals surface area (Å²) in [6.07, 6.45) is 2.46. The minimum absolute atomic E-state index is 0.0509. The Hall–Kier alpha value is -1.42. The number of nitriles is 1. The van der Waals surface area contributed by atoms with Gasteiger partial charge in [-0.25, -0.2) is 13.1 Å². The Morgan fingerprint density at radius 1 is 1.32 bits per heavy atom. The van der Waals surface area contributed by atoms with Crippen LogP contribution in [0.1, 0.15) is 24.8 Å². The topological polar surface area (TPSA) is 90.2 Å². The van der Waals surface area contributed by atoms with Gasteiger partial charge in [0.15, 0.2) is 0 Å². The van der Waals surface area contributed by atoms with Crippen LogP contribution < -0.4 is 4.72 Å². The maximum Gasteiger partial charge on any atom is 0.240 e. The summed E-state index contributed by atoms with van der Waals surface area (Å²) < 4.78 is 26.4. The number of hydrogen-bond donors (Lipinski definition) is 2. The minimum atomic E-state index is -3.59. The smallest absolute Gasteiger partial charge is 0.240 e. The summed E-state index contributed by atoms with van der Waals surface area (Å²) in [6.45, 7) is 0.0509. The molecule has 0 aliphatic heterocycles. The molecule has 2 rings (SSSR count).